The van der Waals surface area contributed by atoms with Gasteiger partial charge in [-0.25, -0.2) is 4.79 Å². The lowest BCUT2D eigenvalue weighted by Crippen LogP contribution is -2.47. The van der Waals surface area contributed by atoms with E-state index in [4.69, 9.17) is 5.73 Å². The van der Waals surface area contributed by atoms with Gasteiger partial charge in [-0.1, -0.05) is 0 Å². The number of anilines is 1. The lowest BCUT2D eigenvalue weighted by atomic mass is 10.1. The monoisotopic (exact) mass is 264 g/mol. The minimum atomic E-state index is -0.431. The quantitative estimate of drug-likeness (QED) is 0.638. The summed E-state index contributed by atoms with van der Waals surface area (Å²) in [5.41, 5.74) is 6.13. The molecule has 7 heteroatoms. The third kappa shape index (κ3) is 3.34. The van der Waals surface area contributed by atoms with E-state index in [2.05, 4.69) is 5.32 Å². The molecule has 1 aliphatic heterocycles. The maximum Gasteiger partial charge on any atom is 0.314 e. The number of nitro groups is 1. The van der Waals surface area contributed by atoms with E-state index in [1.165, 1.54) is 12.1 Å². The van der Waals surface area contributed by atoms with Crippen LogP contribution in [-0.4, -0.2) is 35.0 Å². The molecule has 0 spiro atoms. The number of primary amides is 1. The Kier molecular flexibility index (Phi) is 3.84. The predicted molar refractivity (Wildman–Crippen MR) is 70.9 cm³/mol. The number of nitrogens with zero attached hydrogens (tertiary/aromatic N) is 2. The number of nitrogens with two attached hydrogens (primary N) is 1. The predicted octanol–water partition coefficient (Wildman–Crippen LogP) is 1.55. The van der Waals surface area contributed by atoms with Crippen LogP contribution in [0.4, 0.5) is 16.2 Å². The fourth-order valence-electron chi connectivity index (χ4n) is 2.21. The van der Waals surface area contributed by atoms with Gasteiger partial charge in [-0.2, -0.15) is 0 Å². The van der Waals surface area contributed by atoms with Crippen LogP contribution in [0.25, 0.3) is 0 Å². The number of hydrogen-bond donors (Lipinski definition) is 2. The molecule has 102 valence electrons. The van der Waals surface area contributed by atoms with Gasteiger partial charge in [0.15, 0.2) is 0 Å². The van der Waals surface area contributed by atoms with Crippen LogP contribution in [0.3, 0.4) is 0 Å². The molecule has 1 saturated heterocycles. The second-order valence-corrected chi connectivity index (χ2v) is 4.57. The van der Waals surface area contributed by atoms with Gasteiger partial charge in [0.05, 0.1) is 4.92 Å². The number of likely N-dealkylation sites (tertiary alicyclic amines) is 1. The van der Waals surface area contributed by atoms with Crippen LogP contribution in [0, 0.1) is 10.1 Å². The molecule has 3 N–H and O–H groups in total. The molecule has 1 aromatic carbocycles. The van der Waals surface area contributed by atoms with Crippen LogP contribution in [0.15, 0.2) is 24.3 Å². The van der Waals surface area contributed by atoms with Crippen molar-refractivity contribution in [2.45, 2.75) is 18.9 Å². The summed E-state index contributed by atoms with van der Waals surface area (Å²) in [6.07, 6.45) is 1.84. The van der Waals surface area contributed by atoms with Crippen LogP contribution in [0.1, 0.15) is 12.8 Å². The Morgan fingerprint density at radius 1 is 1.42 bits per heavy atom. The molecule has 1 aromatic rings. The number of carbonyl (C=O) groups excluding carboxylic acids is 1. The van der Waals surface area contributed by atoms with E-state index in [9.17, 15) is 14.9 Å². The Bertz CT molecular complexity index is 474. The molecule has 0 bridgehead atoms. The molecule has 1 heterocycles. The van der Waals surface area contributed by atoms with Gasteiger partial charge >= 0.3 is 6.03 Å². The molecule has 2 rings (SSSR count). The molecular formula is C12H16N4O3. The van der Waals surface area contributed by atoms with Crippen molar-refractivity contribution in [2.24, 2.45) is 5.73 Å². The number of carbonyl (C=O) groups is 1. The Morgan fingerprint density at radius 3 is 2.68 bits per heavy atom. The van der Waals surface area contributed by atoms with Crippen molar-refractivity contribution >= 4 is 17.4 Å². The van der Waals surface area contributed by atoms with Gasteiger partial charge in [0, 0.05) is 37.0 Å². The first-order valence-corrected chi connectivity index (χ1v) is 6.11. The first kappa shape index (κ1) is 13.1. The highest BCUT2D eigenvalue weighted by molar-refractivity contribution is 5.72. The van der Waals surface area contributed by atoms with Crippen molar-refractivity contribution in [1.82, 2.24) is 4.90 Å². The molecule has 1 fully saturated rings. The minimum Gasteiger partial charge on any atom is -0.381 e. The highest BCUT2D eigenvalue weighted by Crippen LogP contribution is 2.19. The zero-order valence-electron chi connectivity index (χ0n) is 10.4. The van der Waals surface area contributed by atoms with Crippen LogP contribution in [0.2, 0.25) is 0 Å². The standard InChI is InChI=1S/C12H16N4O3/c13-12(17)15-7-1-2-10(8-15)14-9-3-5-11(6-4-9)16(18)19/h3-6,10,14H,1-2,7-8H2,(H2,13,17)/t10-/m1/s1. The molecular weight excluding hydrogens is 248 g/mol. The van der Waals surface area contributed by atoms with Crippen LogP contribution in [-0.2, 0) is 0 Å². The highest BCUT2D eigenvalue weighted by atomic mass is 16.6. The molecule has 0 aliphatic carbocycles. The Hall–Kier alpha value is -2.31. The largest absolute Gasteiger partial charge is 0.381 e. The topological polar surface area (TPSA) is 102 Å². The van der Waals surface area contributed by atoms with Crippen LogP contribution >= 0.6 is 0 Å². The van der Waals surface area contributed by atoms with E-state index in [1.54, 1.807) is 17.0 Å². The number of urea groups is 1. The summed E-state index contributed by atoms with van der Waals surface area (Å²) in [6, 6.07) is 5.97. The van der Waals surface area contributed by atoms with Gasteiger partial charge in [-0.15, -0.1) is 0 Å². The van der Waals surface area contributed by atoms with Gasteiger partial charge < -0.3 is 16.0 Å². The highest BCUT2D eigenvalue weighted by Gasteiger charge is 2.21. The number of amides is 2. The summed E-state index contributed by atoms with van der Waals surface area (Å²) in [7, 11) is 0. The van der Waals surface area contributed by atoms with Crippen molar-refractivity contribution in [1.29, 1.82) is 0 Å². The number of rotatable bonds is 3. The number of non-ortho nitro benzene ring substituents is 1. The van der Waals surface area contributed by atoms with Crippen LogP contribution < -0.4 is 11.1 Å². The zero-order valence-corrected chi connectivity index (χ0v) is 10.4. The third-order valence-corrected chi connectivity index (χ3v) is 3.18. The van der Waals surface area contributed by atoms with Crippen molar-refractivity contribution in [3.05, 3.63) is 34.4 Å². The molecule has 0 radical (unpaired) electrons. The van der Waals surface area contributed by atoms with Crippen molar-refractivity contribution in [3.63, 3.8) is 0 Å². The molecule has 1 atom stereocenters. The Morgan fingerprint density at radius 2 is 2.11 bits per heavy atom. The van der Waals surface area contributed by atoms with Gasteiger partial charge in [0.2, 0.25) is 0 Å². The van der Waals surface area contributed by atoms with Gasteiger partial charge in [-0.05, 0) is 25.0 Å². The van der Waals surface area contributed by atoms with E-state index >= 15 is 0 Å². The Balaban J connectivity index is 1.96. The second-order valence-electron chi connectivity index (χ2n) is 4.57. The minimum absolute atomic E-state index is 0.0629. The number of nitrogens with one attached hydrogen (secondary N) is 1. The van der Waals surface area contributed by atoms with E-state index in [1.807, 2.05) is 0 Å². The summed E-state index contributed by atoms with van der Waals surface area (Å²) < 4.78 is 0. The normalized spacial score (nSPS) is 18.9. The first-order valence-electron chi connectivity index (χ1n) is 6.11. The van der Waals surface area contributed by atoms with E-state index in [-0.39, 0.29) is 11.7 Å². The number of hydrogen-bond acceptors (Lipinski definition) is 4. The smallest absolute Gasteiger partial charge is 0.314 e. The van der Waals surface area contributed by atoms with Crippen LogP contribution in [0.5, 0.6) is 0 Å². The summed E-state index contributed by atoms with van der Waals surface area (Å²) in [6.45, 7) is 1.25. The van der Waals surface area contributed by atoms with Crippen molar-refractivity contribution in [3.8, 4) is 0 Å². The average molecular weight is 264 g/mol. The first-order chi connectivity index (χ1) is 9.06. The van der Waals surface area contributed by atoms with Gasteiger partial charge in [0.1, 0.15) is 0 Å². The second kappa shape index (κ2) is 5.55. The maximum absolute atomic E-state index is 11.1. The average Bonchev–Trinajstić information content (AvgIpc) is 2.39. The van der Waals surface area contributed by atoms with Gasteiger partial charge in [0.25, 0.3) is 5.69 Å². The molecule has 0 aromatic heterocycles. The summed E-state index contributed by atoms with van der Waals surface area (Å²) in [5, 5.41) is 13.8. The Labute approximate surface area is 110 Å². The summed E-state index contributed by atoms with van der Waals surface area (Å²) in [4.78, 5) is 22.8. The summed E-state index contributed by atoms with van der Waals surface area (Å²) >= 11 is 0. The number of benzene rings is 1. The van der Waals surface area contributed by atoms with Crippen molar-refractivity contribution < 1.29 is 9.72 Å². The molecule has 7 nitrogen and oxygen atoms in total. The fourth-order valence-corrected chi connectivity index (χ4v) is 2.21. The zero-order chi connectivity index (χ0) is 13.8. The maximum atomic E-state index is 11.1. The third-order valence-electron chi connectivity index (χ3n) is 3.18. The van der Waals surface area contributed by atoms with Gasteiger partial charge in [-0.3, -0.25) is 10.1 Å². The molecule has 19 heavy (non-hydrogen) atoms. The fraction of sp³-hybridized carbons (Fsp3) is 0.417. The SMILES string of the molecule is NC(=O)N1CCC[C@@H](Nc2ccc([N+](=O)[O-])cc2)C1. The van der Waals surface area contributed by atoms with E-state index in [0.717, 1.165) is 18.5 Å². The molecule has 0 saturated carbocycles. The summed E-state index contributed by atoms with van der Waals surface area (Å²) in [5.74, 6) is 0. The number of piperidine rings is 1. The molecule has 2 amide bonds. The molecule has 0 unspecified atom stereocenters. The lowest BCUT2D eigenvalue weighted by molar-refractivity contribution is -0.384. The number of nitro benzene ring substituents is 1. The van der Waals surface area contributed by atoms with E-state index in [0.29, 0.717) is 13.1 Å². The van der Waals surface area contributed by atoms with E-state index < -0.39 is 11.0 Å². The lowest BCUT2D eigenvalue weighted by Gasteiger charge is -2.32. The van der Waals surface area contributed by atoms with Crippen molar-refractivity contribution in [2.75, 3.05) is 18.4 Å². The molecule has 1 aliphatic rings.